The van der Waals surface area contributed by atoms with E-state index in [1.54, 1.807) is 15.2 Å². The zero-order valence-electron chi connectivity index (χ0n) is 12.0. The largest absolute Gasteiger partial charge is 0.271 e. The quantitative estimate of drug-likeness (QED) is 0.782. The molecule has 20 heavy (non-hydrogen) atoms. The van der Waals surface area contributed by atoms with Crippen molar-refractivity contribution in [3.05, 3.63) is 12.4 Å². The van der Waals surface area contributed by atoms with Crippen LogP contribution in [-0.4, -0.2) is 41.5 Å². The summed E-state index contributed by atoms with van der Waals surface area (Å²) in [5.74, 6) is 1.52. The maximum Gasteiger partial charge on any atom is 0.246 e. The van der Waals surface area contributed by atoms with Gasteiger partial charge in [-0.3, -0.25) is 4.68 Å². The molecule has 0 N–H and O–H groups in total. The maximum atomic E-state index is 12.6. The number of halogens is 1. The lowest BCUT2D eigenvalue weighted by Crippen LogP contribution is -2.42. The molecule has 1 aromatic heterocycles. The van der Waals surface area contributed by atoms with Crippen LogP contribution in [0.4, 0.5) is 0 Å². The van der Waals surface area contributed by atoms with Gasteiger partial charge >= 0.3 is 0 Å². The molecule has 1 fully saturated rings. The molecule has 0 radical (unpaired) electrons. The van der Waals surface area contributed by atoms with Gasteiger partial charge < -0.3 is 0 Å². The highest BCUT2D eigenvalue weighted by Crippen LogP contribution is 2.27. The van der Waals surface area contributed by atoms with Gasteiger partial charge in [0.1, 0.15) is 4.90 Å². The Hall–Kier alpha value is -0.590. The van der Waals surface area contributed by atoms with Gasteiger partial charge in [-0.15, -0.1) is 11.6 Å². The van der Waals surface area contributed by atoms with Crippen LogP contribution in [0.1, 0.15) is 26.7 Å². The van der Waals surface area contributed by atoms with Gasteiger partial charge in [-0.2, -0.15) is 9.40 Å². The molecular weight excluding hydrogens is 298 g/mol. The maximum absolute atomic E-state index is 12.6. The van der Waals surface area contributed by atoms with E-state index in [0.29, 0.717) is 37.4 Å². The smallest absolute Gasteiger partial charge is 0.246 e. The molecule has 114 valence electrons. The predicted octanol–water partition coefficient (Wildman–Crippen LogP) is 2.18. The Morgan fingerprint density at radius 1 is 1.40 bits per heavy atom. The van der Waals surface area contributed by atoms with Gasteiger partial charge in [-0.1, -0.05) is 13.8 Å². The summed E-state index contributed by atoms with van der Waals surface area (Å²) in [7, 11) is -3.41. The van der Waals surface area contributed by atoms with Crippen LogP contribution in [-0.2, 0) is 16.6 Å². The Balaban J connectivity index is 2.12. The van der Waals surface area contributed by atoms with Crippen molar-refractivity contribution in [2.24, 2.45) is 11.8 Å². The van der Waals surface area contributed by atoms with Crippen molar-refractivity contribution in [3.63, 3.8) is 0 Å². The molecule has 2 rings (SSSR count). The fourth-order valence-corrected chi connectivity index (χ4v) is 4.04. The molecule has 5 nitrogen and oxygen atoms in total. The summed E-state index contributed by atoms with van der Waals surface area (Å²) < 4.78 is 28.4. The first-order valence-corrected chi connectivity index (χ1v) is 9.01. The lowest BCUT2D eigenvalue weighted by atomic mass is 9.90. The summed E-state index contributed by atoms with van der Waals surface area (Å²) in [5.41, 5.74) is 0. The molecule has 1 aliphatic heterocycles. The van der Waals surface area contributed by atoms with E-state index >= 15 is 0 Å². The number of aryl methyl sites for hydroxylation is 1. The number of rotatable bonds is 5. The fraction of sp³-hybridized carbons (Fsp3) is 0.769. The third kappa shape index (κ3) is 3.35. The molecule has 0 bridgehead atoms. The highest BCUT2D eigenvalue weighted by Gasteiger charge is 2.32. The standard InChI is InChI=1S/C13H22ClN3O2S/c1-11-4-7-17(9-12(11)2)20(18,19)13-8-15-16(10-13)6-3-5-14/h8,10-12H,3-7,9H2,1-2H3. The van der Waals surface area contributed by atoms with Gasteiger partial charge in [0.05, 0.1) is 6.20 Å². The van der Waals surface area contributed by atoms with Crippen LogP contribution in [0, 0.1) is 11.8 Å². The van der Waals surface area contributed by atoms with E-state index in [4.69, 9.17) is 11.6 Å². The molecule has 1 saturated heterocycles. The Labute approximate surface area is 126 Å². The number of hydrogen-bond donors (Lipinski definition) is 0. The highest BCUT2D eigenvalue weighted by atomic mass is 35.5. The van der Waals surface area contributed by atoms with Crippen molar-refractivity contribution in [1.29, 1.82) is 0 Å². The molecule has 2 heterocycles. The molecule has 0 aliphatic carbocycles. The van der Waals surface area contributed by atoms with Crippen molar-refractivity contribution in [2.75, 3.05) is 19.0 Å². The normalized spacial score (nSPS) is 24.9. The molecule has 1 aliphatic rings. The van der Waals surface area contributed by atoms with Gasteiger partial charge in [0, 0.05) is 31.7 Å². The summed E-state index contributed by atoms with van der Waals surface area (Å²) in [6.45, 7) is 6.12. The first kappa shape index (κ1) is 15.8. The van der Waals surface area contributed by atoms with E-state index < -0.39 is 10.0 Å². The van der Waals surface area contributed by atoms with Crippen molar-refractivity contribution in [1.82, 2.24) is 14.1 Å². The third-order valence-electron chi connectivity index (χ3n) is 4.07. The van der Waals surface area contributed by atoms with Gasteiger partial charge in [0.15, 0.2) is 0 Å². The topological polar surface area (TPSA) is 55.2 Å². The van der Waals surface area contributed by atoms with Gasteiger partial charge in [-0.05, 0) is 24.7 Å². The second-order valence-electron chi connectivity index (χ2n) is 5.59. The third-order valence-corrected chi connectivity index (χ3v) is 6.15. The van der Waals surface area contributed by atoms with E-state index in [9.17, 15) is 8.42 Å². The van der Waals surface area contributed by atoms with Crippen molar-refractivity contribution >= 4 is 21.6 Å². The molecule has 2 atom stereocenters. The number of piperidine rings is 1. The Bertz CT molecular complexity index is 544. The summed E-state index contributed by atoms with van der Waals surface area (Å²) in [6, 6.07) is 0. The molecule has 0 saturated carbocycles. The minimum atomic E-state index is -3.41. The monoisotopic (exact) mass is 319 g/mol. The zero-order valence-corrected chi connectivity index (χ0v) is 13.6. The van der Waals surface area contributed by atoms with E-state index in [2.05, 4.69) is 18.9 Å². The van der Waals surface area contributed by atoms with E-state index in [-0.39, 0.29) is 4.90 Å². The summed E-state index contributed by atoms with van der Waals surface area (Å²) >= 11 is 5.63. The molecule has 1 aromatic rings. The van der Waals surface area contributed by atoms with Crippen LogP contribution >= 0.6 is 11.6 Å². The van der Waals surface area contributed by atoms with Crippen LogP contribution in [0.5, 0.6) is 0 Å². The van der Waals surface area contributed by atoms with Gasteiger partial charge in [0.25, 0.3) is 0 Å². The second kappa shape index (κ2) is 6.45. The molecule has 7 heteroatoms. The number of sulfonamides is 1. The molecule has 0 amide bonds. The average molecular weight is 320 g/mol. The first-order valence-electron chi connectivity index (χ1n) is 7.03. The minimum absolute atomic E-state index is 0.286. The highest BCUT2D eigenvalue weighted by molar-refractivity contribution is 7.89. The van der Waals surface area contributed by atoms with Crippen LogP contribution in [0.25, 0.3) is 0 Å². The summed E-state index contributed by atoms with van der Waals surface area (Å²) in [6.07, 6.45) is 4.73. The lowest BCUT2D eigenvalue weighted by molar-refractivity contribution is 0.212. The molecule has 0 spiro atoms. The van der Waals surface area contributed by atoms with Crippen LogP contribution < -0.4 is 0 Å². The Morgan fingerprint density at radius 3 is 2.80 bits per heavy atom. The van der Waals surface area contributed by atoms with Gasteiger partial charge in [0.2, 0.25) is 10.0 Å². The first-order chi connectivity index (χ1) is 9.45. The summed E-state index contributed by atoms with van der Waals surface area (Å²) in [4.78, 5) is 0.286. The van der Waals surface area contributed by atoms with E-state index in [1.807, 2.05) is 0 Å². The van der Waals surface area contributed by atoms with Crippen LogP contribution in [0.2, 0.25) is 0 Å². The van der Waals surface area contributed by atoms with Crippen molar-refractivity contribution < 1.29 is 8.42 Å². The predicted molar refractivity (Wildman–Crippen MR) is 79.3 cm³/mol. The average Bonchev–Trinajstić information content (AvgIpc) is 2.89. The van der Waals surface area contributed by atoms with Gasteiger partial charge in [-0.25, -0.2) is 8.42 Å². The van der Waals surface area contributed by atoms with Crippen molar-refractivity contribution in [2.45, 2.75) is 38.1 Å². The number of nitrogens with zero attached hydrogens (tertiary/aromatic N) is 3. The molecular formula is C13H22ClN3O2S. The molecule has 0 aromatic carbocycles. The Kier molecular flexibility index (Phi) is 5.09. The number of alkyl halides is 1. The van der Waals surface area contributed by atoms with Crippen LogP contribution in [0.3, 0.4) is 0 Å². The number of aromatic nitrogens is 2. The minimum Gasteiger partial charge on any atom is -0.271 e. The van der Waals surface area contributed by atoms with E-state index in [0.717, 1.165) is 12.8 Å². The van der Waals surface area contributed by atoms with E-state index in [1.165, 1.54) is 6.20 Å². The van der Waals surface area contributed by atoms with Crippen molar-refractivity contribution in [3.8, 4) is 0 Å². The lowest BCUT2D eigenvalue weighted by Gasteiger charge is -2.34. The number of hydrogen-bond acceptors (Lipinski definition) is 3. The Morgan fingerprint density at radius 2 is 2.15 bits per heavy atom. The zero-order chi connectivity index (χ0) is 14.8. The fourth-order valence-electron chi connectivity index (χ4n) is 2.41. The SMILES string of the molecule is CC1CCN(S(=O)(=O)c2cnn(CCCCl)c2)CC1C. The molecule has 2 unspecified atom stereocenters. The summed E-state index contributed by atoms with van der Waals surface area (Å²) in [5, 5.41) is 4.10. The second-order valence-corrected chi connectivity index (χ2v) is 7.90. The van der Waals surface area contributed by atoms with Crippen LogP contribution in [0.15, 0.2) is 17.3 Å².